The first-order chi connectivity index (χ1) is 15.7. The van der Waals surface area contributed by atoms with E-state index in [-0.39, 0.29) is 10.6 Å². The third-order valence-electron chi connectivity index (χ3n) is 5.38. The van der Waals surface area contributed by atoms with Crippen molar-refractivity contribution in [3.8, 4) is 22.9 Å². The molecule has 2 heterocycles. The van der Waals surface area contributed by atoms with Gasteiger partial charge in [-0.3, -0.25) is 4.72 Å². The summed E-state index contributed by atoms with van der Waals surface area (Å²) < 4.78 is 35.3. The molecule has 1 aromatic heterocycles. The highest BCUT2D eigenvalue weighted by atomic mass is 35.5. The molecule has 1 aliphatic rings. The van der Waals surface area contributed by atoms with Gasteiger partial charge in [0.15, 0.2) is 0 Å². The zero-order valence-corrected chi connectivity index (χ0v) is 20.8. The van der Waals surface area contributed by atoms with Gasteiger partial charge in [0, 0.05) is 24.6 Å². The Hall–Kier alpha value is -2.28. The van der Waals surface area contributed by atoms with Gasteiger partial charge >= 0.3 is 0 Å². The van der Waals surface area contributed by atoms with Crippen LogP contribution < -0.4 is 14.8 Å². The van der Waals surface area contributed by atoms with Crippen LogP contribution in [0.25, 0.3) is 11.1 Å². The van der Waals surface area contributed by atoms with E-state index in [4.69, 9.17) is 33.2 Å². The van der Waals surface area contributed by atoms with Crippen molar-refractivity contribution in [1.82, 2.24) is 5.32 Å². The number of rotatable bonds is 7. The molecule has 33 heavy (non-hydrogen) atoms. The minimum atomic E-state index is -3.91. The molecule has 1 aliphatic heterocycles. The van der Waals surface area contributed by atoms with Crippen molar-refractivity contribution in [3.63, 3.8) is 0 Å². The lowest BCUT2D eigenvalue weighted by Gasteiger charge is -2.25. The van der Waals surface area contributed by atoms with Crippen LogP contribution in [0, 0.1) is 11.3 Å². The largest absolute Gasteiger partial charge is 0.485 e. The maximum Gasteiger partial charge on any atom is 0.271 e. The van der Waals surface area contributed by atoms with Crippen LogP contribution in [-0.4, -0.2) is 27.1 Å². The number of thiophene rings is 1. The number of anilines is 1. The summed E-state index contributed by atoms with van der Waals surface area (Å²) in [5.41, 5.74) is 2.02. The standard InChI is InChI=1S/C23H21Cl2N3O3S2/c1-23(9-11-27-14-23)31-20-12-16(6-7-19(20)24)28-33(29,30)21-13-18(22(25)32-21)17-5-3-2-4-15(17)8-10-26/h2-7,12-13,27-28H,8-9,11,14H2,1H3/t23-/m1/s1. The summed E-state index contributed by atoms with van der Waals surface area (Å²) in [6.45, 7) is 3.52. The second kappa shape index (κ2) is 9.53. The molecule has 3 aromatic rings. The summed E-state index contributed by atoms with van der Waals surface area (Å²) in [7, 11) is -3.91. The molecule has 0 aliphatic carbocycles. The van der Waals surface area contributed by atoms with Crippen molar-refractivity contribution < 1.29 is 13.2 Å². The zero-order valence-electron chi connectivity index (χ0n) is 17.7. The Morgan fingerprint density at radius 2 is 2.00 bits per heavy atom. The minimum Gasteiger partial charge on any atom is -0.485 e. The van der Waals surface area contributed by atoms with E-state index < -0.39 is 15.6 Å². The lowest BCUT2D eigenvalue weighted by atomic mass is 10.0. The molecular formula is C23H21Cl2N3O3S2. The number of sulfonamides is 1. The Kier molecular flexibility index (Phi) is 6.89. The highest BCUT2D eigenvalue weighted by molar-refractivity contribution is 7.94. The molecule has 0 radical (unpaired) electrons. The number of nitrogens with zero attached hydrogens (tertiary/aromatic N) is 1. The topological polar surface area (TPSA) is 91.2 Å². The van der Waals surface area contributed by atoms with E-state index >= 15 is 0 Å². The number of nitrogens with one attached hydrogen (secondary N) is 2. The fourth-order valence-electron chi connectivity index (χ4n) is 3.68. The van der Waals surface area contributed by atoms with Crippen LogP contribution in [-0.2, 0) is 16.4 Å². The Morgan fingerprint density at radius 1 is 1.21 bits per heavy atom. The van der Waals surface area contributed by atoms with Gasteiger partial charge in [-0.05, 0) is 42.8 Å². The molecule has 4 rings (SSSR count). The molecule has 0 saturated carbocycles. The maximum absolute atomic E-state index is 13.1. The van der Waals surface area contributed by atoms with Crippen molar-refractivity contribution in [2.75, 3.05) is 17.8 Å². The van der Waals surface area contributed by atoms with Crippen molar-refractivity contribution in [3.05, 3.63) is 63.5 Å². The molecule has 1 fully saturated rings. The van der Waals surface area contributed by atoms with E-state index in [1.807, 2.05) is 31.2 Å². The molecule has 0 bridgehead atoms. The third kappa shape index (κ3) is 5.29. The predicted molar refractivity (Wildman–Crippen MR) is 133 cm³/mol. The summed E-state index contributed by atoms with van der Waals surface area (Å²) in [5, 5.41) is 12.8. The summed E-state index contributed by atoms with van der Waals surface area (Å²) in [5.74, 6) is 0.415. The molecule has 172 valence electrons. The first-order valence-electron chi connectivity index (χ1n) is 10.2. The number of ether oxygens (including phenoxy) is 1. The van der Waals surface area contributed by atoms with Crippen molar-refractivity contribution >= 4 is 50.2 Å². The molecule has 2 aromatic carbocycles. The predicted octanol–water partition coefficient (Wildman–Crippen LogP) is 5.72. The van der Waals surface area contributed by atoms with Crippen LogP contribution >= 0.6 is 34.5 Å². The van der Waals surface area contributed by atoms with Crippen molar-refractivity contribution in [2.45, 2.75) is 29.6 Å². The van der Waals surface area contributed by atoms with E-state index in [0.29, 0.717) is 32.9 Å². The third-order valence-corrected chi connectivity index (χ3v) is 8.90. The minimum absolute atomic E-state index is 0.0682. The number of hydrogen-bond acceptors (Lipinski definition) is 6. The smallest absolute Gasteiger partial charge is 0.271 e. The second-order valence-corrected chi connectivity index (χ2v) is 11.9. The average molecular weight is 522 g/mol. The van der Waals surface area contributed by atoms with Crippen LogP contribution in [0.2, 0.25) is 9.36 Å². The Balaban J connectivity index is 1.61. The van der Waals surface area contributed by atoms with E-state index in [1.165, 1.54) is 6.07 Å². The van der Waals surface area contributed by atoms with E-state index in [2.05, 4.69) is 16.1 Å². The van der Waals surface area contributed by atoms with E-state index in [0.717, 1.165) is 35.4 Å². The van der Waals surface area contributed by atoms with Gasteiger partial charge in [-0.2, -0.15) is 5.26 Å². The highest BCUT2D eigenvalue weighted by Gasteiger charge is 2.31. The molecule has 6 nitrogen and oxygen atoms in total. The van der Waals surface area contributed by atoms with Gasteiger partial charge in [-0.1, -0.05) is 47.5 Å². The Morgan fingerprint density at radius 3 is 2.73 bits per heavy atom. The van der Waals surface area contributed by atoms with Crippen LogP contribution in [0.5, 0.6) is 5.75 Å². The van der Waals surface area contributed by atoms with Gasteiger partial charge in [-0.15, -0.1) is 11.3 Å². The Bertz CT molecular complexity index is 1330. The average Bonchev–Trinajstić information content (AvgIpc) is 3.37. The van der Waals surface area contributed by atoms with E-state index in [1.54, 1.807) is 18.2 Å². The normalized spacial score (nSPS) is 18.1. The van der Waals surface area contributed by atoms with Crippen molar-refractivity contribution in [2.24, 2.45) is 0 Å². The van der Waals surface area contributed by atoms with Gasteiger partial charge in [0.2, 0.25) is 0 Å². The SMILES string of the molecule is C[C@@]1(Oc2cc(NS(=O)(=O)c3cc(-c4ccccc4CC#N)c(Cl)s3)ccc2Cl)CCNC1. The van der Waals surface area contributed by atoms with Gasteiger partial charge in [0.05, 0.1) is 23.2 Å². The Labute approximate surface area is 207 Å². The molecule has 1 atom stereocenters. The fraction of sp³-hybridized carbons (Fsp3) is 0.261. The molecule has 0 amide bonds. The molecule has 10 heteroatoms. The summed E-state index contributed by atoms with van der Waals surface area (Å²) in [6, 6.07) is 15.7. The molecule has 1 saturated heterocycles. The first-order valence-corrected chi connectivity index (χ1v) is 13.2. The first kappa shape index (κ1) is 23.9. The number of benzene rings is 2. The van der Waals surface area contributed by atoms with Gasteiger partial charge in [0.1, 0.15) is 19.9 Å². The molecule has 2 N–H and O–H groups in total. The zero-order chi connectivity index (χ0) is 23.6. The second-order valence-electron chi connectivity index (χ2n) is 7.97. The van der Waals surface area contributed by atoms with Crippen molar-refractivity contribution in [1.29, 1.82) is 5.26 Å². The molecule has 0 spiro atoms. The van der Waals surface area contributed by atoms with Crippen LogP contribution in [0.1, 0.15) is 18.9 Å². The number of halogens is 2. The monoisotopic (exact) mass is 521 g/mol. The summed E-state index contributed by atoms with van der Waals surface area (Å²) >= 11 is 13.7. The quantitative estimate of drug-likeness (QED) is 0.414. The highest BCUT2D eigenvalue weighted by Crippen LogP contribution is 2.40. The van der Waals surface area contributed by atoms with Gasteiger partial charge < -0.3 is 10.1 Å². The number of hydrogen-bond donors (Lipinski definition) is 2. The molecular weight excluding hydrogens is 501 g/mol. The van der Waals surface area contributed by atoms with Crippen LogP contribution in [0.3, 0.4) is 0 Å². The van der Waals surface area contributed by atoms with Crippen LogP contribution in [0.4, 0.5) is 5.69 Å². The maximum atomic E-state index is 13.1. The van der Waals surface area contributed by atoms with Gasteiger partial charge in [0.25, 0.3) is 10.0 Å². The fourth-order valence-corrected chi connectivity index (χ4v) is 6.64. The summed E-state index contributed by atoms with van der Waals surface area (Å²) in [4.78, 5) is 0. The lowest BCUT2D eigenvalue weighted by molar-refractivity contribution is 0.111. The molecule has 0 unspecified atom stereocenters. The van der Waals surface area contributed by atoms with E-state index in [9.17, 15) is 8.42 Å². The van der Waals surface area contributed by atoms with Gasteiger partial charge in [-0.25, -0.2) is 8.42 Å². The lowest BCUT2D eigenvalue weighted by Crippen LogP contribution is -2.34. The number of nitriles is 1. The van der Waals surface area contributed by atoms with Crippen LogP contribution in [0.15, 0.2) is 52.7 Å². The summed E-state index contributed by atoms with van der Waals surface area (Å²) in [6.07, 6.45) is 1.02.